The van der Waals surface area contributed by atoms with E-state index in [1.165, 1.54) is 32.4 Å². The average Bonchev–Trinajstić information content (AvgIpc) is 2.50. The summed E-state index contributed by atoms with van der Waals surface area (Å²) in [7, 11) is 2.68. The van der Waals surface area contributed by atoms with Crippen LogP contribution in [0.4, 0.5) is 10.5 Å². The molecule has 1 atom stereocenters. The Balaban J connectivity index is 2.52. The lowest BCUT2D eigenvalue weighted by Gasteiger charge is -2.32. The molecule has 0 saturated carbocycles. The first kappa shape index (κ1) is 15.5. The van der Waals surface area contributed by atoms with E-state index >= 15 is 0 Å². The van der Waals surface area contributed by atoms with Crippen LogP contribution in [-0.2, 0) is 9.53 Å². The number of amides is 2. The van der Waals surface area contributed by atoms with Crippen LogP contribution >= 0.6 is 0 Å². The molecule has 0 spiro atoms. The Bertz CT molecular complexity index is 683. The molecular formula is C14H15N3O5. The summed E-state index contributed by atoms with van der Waals surface area (Å²) in [5, 5.41) is 13.6. The Morgan fingerprint density at radius 1 is 1.45 bits per heavy atom. The van der Waals surface area contributed by atoms with Gasteiger partial charge in [-0.05, 0) is 18.1 Å². The predicted octanol–water partition coefficient (Wildman–Crippen LogP) is 1.74. The van der Waals surface area contributed by atoms with Gasteiger partial charge in [-0.1, -0.05) is 12.1 Å². The third-order valence-corrected chi connectivity index (χ3v) is 3.51. The van der Waals surface area contributed by atoms with Gasteiger partial charge >= 0.3 is 12.0 Å². The number of esters is 1. The Morgan fingerprint density at radius 3 is 2.73 bits per heavy atom. The molecule has 2 rings (SSSR count). The van der Waals surface area contributed by atoms with Crippen LogP contribution in [0.25, 0.3) is 0 Å². The molecule has 0 aliphatic carbocycles. The lowest BCUT2D eigenvalue weighted by molar-refractivity contribution is -0.384. The maximum absolute atomic E-state index is 12.0. The number of nitro groups is 1. The topological polar surface area (TPSA) is 102 Å². The number of nitrogens with zero attached hydrogens (tertiary/aromatic N) is 2. The molecule has 0 saturated heterocycles. The quantitative estimate of drug-likeness (QED) is 0.520. The van der Waals surface area contributed by atoms with Gasteiger partial charge in [-0.3, -0.25) is 15.0 Å². The summed E-state index contributed by atoms with van der Waals surface area (Å²) in [4.78, 5) is 35.4. The molecule has 116 valence electrons. The zero-order valence-corrected chi connectivity index (χ0v) is 12.3. The summed E-state index contributed by atoms with van der Waals surface area (Å²) in [6, 6.07) is 4.81. The van der Waals surface area contributed by atoms with Crippen molar-refractivity contribution in [2.75, 3.05) is 14.2 Å². The molecule has 0 radical (unpaired) electrons. The van der Waals surface area contributed by atoms with Crippen molar-refractivity contribution in [3.8, 4) is 0 Å². The van der Waals surface area contributed by atoms with E-state index < -0.39 is 23.0 Å². The maximum atomic E-state index is 12.0. The predicted molar refractivity (Wildman–Crippen MR) is 76.8 cm³/mol. The summed E-state index contributed by atoms with van der Waals surface area (Å²) in [6.07, 6.45) is 0. The third-order valence-electron chi connectivity index (χ3n) is 3.51. The Hall–Kier alpha value is -2.90. The van der Waals surface area contributed by atoms with E-state index in [1.807, 2.05) is 0 Å². The fourth-order valence-corrected chi connectivity index (χ4v) is 2.38. The SMILES string of the molecule is COC(=O)C1=C(C)[C@@H](c2cccc([N+](=O)[O-])c2)NC(=O)N1C. The Kier molecular flexibility index (Phi) is 4.11. The molecule has 0 unspecified atom stereocenters. The molecule has 2 amide bonds. The highest BCUT2D eigenvalue weighted by atomic mass is 16.6. The second-order valence-electron chi connectivity index (χ2n) is 4.82. The van der Waals surface area contributed by atoms with Gasteiger partial charge < -0.3 is 10.1 Å². The fourth-order valence-electron chi connectivity index (χ4n) is 2.38. The Morgan fingerprint density at radius 2 is 2.14 bits per heavy atom. The molecule has 1 aliphatic heterocycles. The number of rotatable bonds is 3. The molecule has 1 aromatic rings. The minimum atomic E-state index is -0.634. The minimum Gasteiger partial charge on any atom is -0.464 e. The van der Waals surface area contributed by atoms with Gasteiger partial charge in [0.15, 0.2) is 0 Å². The van der Waals surface area contributed by atoms with Crippen molar-refractivity contribution in [1.29, 1.82) is 0 Å². The number of non-ortho nitro benzene ring substituents is 1. The molecule has 1 aromatic carbocycles. The number of nitro benzene ring substituents is 1. The first-order valence-corrected chi connectivity index (χ1v) is 6.44. The van der Waals surface area contributed by atoms with Gasteiger partial charge in [0.2, 0.25) is 0 Å². The minimum absolute atomic E-state index is 0.0851. The highest BCUT2D eigenvalue weighted by molar-refractivity contribution is 5.95. The van der Waals surface area contributed by atoms with Crippen LogP contribution in [-0.4, -0.2) is 36.0 Å². The van der Waals surface area contributed by atoms with Crippen LogP contribution < -0.4 is 5.32 Å². The molecule has 0 fully saturated rings. The number of nitrogens with one attached hydrogen (secondary N) is 1. The Labute approximate surface area is 126 Å². The number of ether oxygens (including phenoxy) is 1. The van der Waals surface area contributed by atoms with Crippen molar-refractivity contribution >= 4 is 17.7 Å². The number of methoxy groups -OCH3 is 1. The highest BCUT2D eigenvalue weighted by Crippen LogP contribution is 2.31. The molecule has 8 nitrogen and oxygen atoms in total. The highest BCUT2D eigenvalue weighted by Gasteiger charge is 2.34. The molecule has 1 heterocycles. The number of hydrogen-bond donors (Lipinski definition) is 1. The van der Waals surface area contributed by atoms with Gasteiger partial charge in [0.1, 0.15) is 5.70 Å². The lowest BCUT2D eigenvalue weighted by atomic mass is 9.95. The van der Waals surface area contributed by atoms with Crippen molar-refractivity contribution in [2.45, 2.75) is 13.0 Å². The number of hydrogen-bond acceptors (Lipinski definition) is 5. The molecule has 1 aliphatic rings. The number of carbonyl (C=O) groups is 2. The van der Waals surface area contributed by atoms with Crippen molar-refractivity contribution in [3.05, 3.63) is 51.2 Å². The van der Waals surface area contributed by atoms with Gasteiger partial charge in [0, 0.05) is 19.2 Å². The summed E-state index contributed by atoms with van der Waals surface area (Å²) in [5.74, 6) is -0.634. The fraction of sp³-hybridized carbons (Fsp3) is 0.286. The molecule has 0 aromatic heterocycles. The second-order valence-corrected chi connectivity index (χ2v) is 4.82. The van der Waals surface area contributed by atoms with Crippen molar-refractivity contribution in [3.63, 3.8) is 0 Å². The van der Waals surface area contributed by atoms with E-state index in [0.717, 1.165) is 4.90 Å². The normalized spacial score (nSPS) is 18.0. The summed E-state index contributed by atoms with van der Waals surface area (Å²) >= 11 is 0. The standard InChI is InChI=1S/C14H15N3O5/c1-8-11(9-5-4-6-10(7-9)17(20)21)15-14(19)16(2)12(8)13(18)22-3/h4-7,11H,1-3H3,(H,15,19)/t11-/m0/s1. The van der Waals surface area contributed by atoms with Gasteiger partial charge in [0.25, 0.3) is 5.69 Å². The average molecular weight is 305 g/mol. The van der Waals surface area contributed by atoms with Crippen LogP contribution in [0.2, 0.25) is 0 Å². The lowest BCUT2D eigenvalue weighted by Crippen LogP contribution is -2.46. The largest absolute Gasteiger partial charge is 0.464 e. The summed E-state index contributed by atoms with van der Waals surface area (Å²) in [6.45, 7) is 1.67. The van der Waals surface area contributed by atoms with Crippen molar-refractivity contribution < 1.29 is 19.2 Å². The first-order valence-electron chi connectivity index (χ1n) is 6.44. The van der Waals surface area contributed by atoms with E-state index in [9.17, 15) is 19.7 Å². The first-order chi connectivity index (χ1) is 10.4. The smallest absolute Gasteiger partial charge is 0.354 e. The summed E-state index contributed by atoms with van der Waals surface area (Å²) < 4.78 is 4.70. The number of likely N-dealkylation sites (N-methyl/N-ethyl adjacent to an activating group) is 1. The van der Waals surface area contributed by atoms with Crippen molar-refractivity contribution in [1.82, 2.24) is 10.2 Å². The van der Waals surface area contributed by atoms with E-state index in [0.29, 0.717) is 11.1 Å². The van der Waals surface area contributed by atoms with Crippen LogP contribution in [0.15, 0.2) is 35.5 Å². The second kappa shape index (κ2) is 5.84. The maximum Gasteiger partial charge on any atom is 0.354 e. The van der Waals surface area contributed by atoms with Crippen LogP contribution in [0.3, 0.4) is 0 Å². The zero-order chi connectivity index (χ0) is 16.4. The molecule has 8 heteroatoms. The zero-order valence-electron chi connectivity index (χ0n) is 12.3. The van der Waals surface area contributed by atoms with E-state index in [-0.39, 0.29) is 11.4 Å². The summed E-state index contributed by atoms with van der Waals surface area (Å²) in [5.41, 5.74) is 1.12. The van der Waals surface area contributed by atoms with E-state index in [1.54, 1.807) is 13.0 Å². The molecular weight excluding hydrogens is 290 g/mol. The van der Waals surface area contributed by atoms with E-state index in [4.69, 9.17) is 4.74 Å². The number of benzene rings is 1. The monoisotopic (exact) mass is 305 g/mol. The number of carbonyl (C=O) groups excluding carboxylic acids is 2. The molecule has 1 N–H and O–H groups in total. The molecule has 22 heavy (non-hydrogen) atoms. The van der Waals surface area contributed by atoms with Crippen LogP contribution in [0, 0.1) is 10.1 Å². The van der Waals surface area contributed by atoms with Gasteiger partial charge in [-0.25, -0.2) is 9.59 Å². The van der Waals surface area contributed by atoms with Gasteiger partial charge in [0.05, 0.1) is 18.1 Å². The van der Waals surface area contributed by atoms with Gasteiger partial charge in [-0.15, -0.1) is 0 Å². The van der Waals surface area contributed by atoms with Crippen molar-refractivity contribution in [2.24, 2.45) is 0 Å². The van der Waals surface area contributed by atoms with Crippen LogP contribution in [0.1, 0.15) is 18.5 Å². The van der Waals surface area contributed by atoms with Crippen LogP contribution in [0.5, 0.6) is 0 Å². The third kappa shape index (κ3) is 2.62. The van der Waals surface area contributed by atoms with E-state index in [2.05, 4.69) is 5.32 Å². The number of urea groups is 1. The van der Waals surface area contributed by atoms with Gasteiger partial charge in [-0.2, -0.15) is 0 Å². The molecule has 0 bridgehead atoms.